The molecule has 2 heterocycles. The van der Waals surface area contributed by atoms with Gasteiger partial charge in [-0.15, -0.1) is 8.80 Å². The molecule has 2 aliphatic rings. The van der Waals surface area contributed by atoms with Crippen molar-refractivity contribution in [3.8, 4) is 0 Å². The van der Waals surface area contributed by atoms with Gasteiger partial charge in [0.05, 0.1) is 0 Å². The highest BCUT2D eigenvalue weighted by atomic mass is 32.2. The monoisotopic (exact) mass is 213 g/mol. The van der Waals surface area contributed by atoms with Gasteiger partial charge >= 0.3 is 10.2 Å². The van der Waals surface area contributed by atoms with E-state index in [0.29, 0.717) is 0 Å². The van der Waals surface area contributed by atoms with Crippen LogP contribution in [-0.4, -0.2) is 37.7 Å². The Morgan fingerprint density at radius 3 is 2.86 bits per heavy atom. The summed E-state index contributed by atoms with van der Waals surface area (Å²) in [5.41, 5.74) is 5.71. The number of rotatable bonds is 0. The van der Waals surface area contributed by atoms with Crippen LogP contribution in [0.4, 0.5) is 0 Å². The lowest BCUT2D eigenvalue weighted by Gasteiger charge is -2.22. The number of nitrogens with two attached hydrogens (primary N) is 1. The zero-order valence-corrected chi connectivity index (χ0v) is 8.06. The highest BCUT2D eigenvalue weighted by molar-refractivity contribution is 7.89. The van der Waals surface area contributed by atoms with Crippen LogP contribution in [0, 0.1) is 0 Å². The topological polar surface area (TPSA) is 100 Å². The lowest BCUT2D eigenvalue weighted by molar-refractivity contribution is 0.597. The van der Waals surface area contributed by atoms with Gasteiger partial charge in [-0.1, -0.05) is 0 Å². The van der Waals surface area contributed by atoms with E-state index in [9.17, 15) is 8.42 Å². The maximum absolute atomic E-state index is 11.1. The molecule has 0 bridgehead atoms. The van der Waals surface area contributed by atoms with Gasteiger partial charge in [0, 0.05) is 19.4 Å². The third kappa shape index (κ3) is 1.29. The molecule has 0 aliphatic carbocycles. The molecule has 14 heavy (non-hydrogen) atoms. The minimum absolute atomic E-state index is 0.133. The second-order valence-corrected chi connectivity index (χ2v) is 3.99. The summed E-state index contributed by atoms with van der Waals surface area (Å²) < 4.78 is 28.9. The van der Waals surface area contributed by atoms with E-state index in [1.165, 1.54) is 11.1 Å². The maximum Gasteiger partial charge on any atom is 0.367 e. The fourth-order valence-electron chi connectivity index (χ4n) is 1.09. The molecular formula is C6H7N5O2S. The van der Waals surface area contributed by atoms with Crippen LogP contribution >= 0.6 is 0 Å². The molecule has 0 radical (unpaired) electrons. The number of aliphatic imine (C=N–C) groups is 1. The molecule has 0 fully saturated rings. The van der Waals surface area contributed by atoms with Gasteiger partial charge in [0.1, 0.15) is 5.71 Å². The van der Waals surface area contributed by atoms with Gasteiger partial charge < -0.3 is 10.6 Å². The van der Waals surface area contributed by atoms with Crippen molar-refractivity contribution >= 4 is 27.6 Å². The molecule has 0 aromatic rings. The van der Waals surface area contributed by atoms with Crippen molar-refractivity contribution in [1.82, 2.24) is 4.90 Å². The van der Waals surface area contributed by atoms with Crippen LogP contribution in [0.25, 0.3) is 0 Å². The summed E-state index contributed by atoms with van der Waals surface area (Å²) in [7, 11) is -2.19. The Balaban J connectivity index is 2.63. The Hall–Kier alpha value is -1.70. The molecule has 0 saturated heterocycles. The fraction of sp³-hybridized carbons (Fsp3) is 0.167. The summed E-state index contributed by atoms with van der Waals surface area (Å²) in [6.45, 7) is 0. The van der Waals surface area contributed by atoms with Gasteiger partial charge in [0.25, 0.3) is 0 Å². The summed E-state index contributed by atoms with van der Waals surface area (Å²) in [4.78, 5) is 5.41. The third-order valence-electron chi connectivity index (χ3n) is 1.70. The predicted molar refractivity (Wildman–Crippen MR) is 52.3 cm³/mol. The SMILES string of the molecule is CN1C=CN=C2C(N)=NS(=O)(=O)N=C21. The highest BCUT2D eigenvalue weighted by Crippen LogP contribution is 2.10. The second kappa shape index (κ2) is 2.64. The van der Waals surface area contributed by atoms with Gasteiger partial charge in [-0.2, -0.15) is 8.42 Å². The molecule has 2 aliphatic heterocycles. The Kier molecular flexibility index (Phi) is 1.68. The normalized spacial score (nSPS) is 23.5. The van der Waals surface area contributed by atoms with E-state index >= 15 is 0 Å². The number of fused-ring (bicyclic) bond motifs is 1. The Labute approximate surface area is 80.5 Å². The molecule has 74 valence electrons. The molecule has 0 aromatic carbocycles. The molecule has 2 rings (SSSR count). The van der Waals surface area contributed by atoms with Crippen molar-refractivity contribution in [2.75, 3.05) is 7.05 Å². The zero-order valence-electron chi connectivity index (χ0n) is 7.25. The average molecular weight is 213 g/mol. The number of amidine groups is 2. The molecule has 8 heteroatoms. The minimum atomic E-state index is -3.84. The smallest absolute Gasteiger partial charge is 0.367 e. The average Bonchev–Trinajstić information content (AvgIpc) is 2.05. The largest absolute Gasteiger partial charge is 0.381 e. The van der Waals surface area contributed by atoms with Gasteiger partial charge in [-0.25, -0.2) is 4.99 Å². The number of hydrogen-bond acceptors (Lipinski definition) is 5. The van der Waals surface area contributed by atoms with E-state index in [2.05, 4.69) is 13.8 Å². The van der Waals surface area contributed by atoms with E-state index in [4.69, 9.17) is 5.73 Å². The Bertz CT molecular complexity index is 498. The first-order valence-corrected chi connectivity index (χ1v) is 5.08. The van der Waals surface area contributed by atoms with Crippen molar-refractivity contribution in [3.05, 3.63) is 12.4 Å². The number of hydrogen-bond donors (Lipinski definition) is 1. The third-order valence-corrected chi connectivity index (χ3v) is 2.53. The lowest BCUT2D eigenvalue weighted by Crippen LogP contribution is -2.43. The summed E-state index contributed by atoms with van der Waals surface area (Å²) in [6.07, 6.45) is 3.07. The summed E-state index contributed by atoms with van der Waals surface area (Å²) >= 11 is 0. The fourth-order valence-corrected chi connectivity index (χ4v) is 1.90. The molecule has 0 aromatic heterocycles. The summed E-state index contributed by atoms with van der Waals surface area (Å²) in [5.74, 6) is 0.0613. The molecule has 7 nitrogen and oxygen atoms in total. The van der Waals surface area contributed by atoms with E-state index in [1.54, 1.807) is 13.2 Å². The summed E-state index contributed by atoms with van der Waals surface area (Å²) in [5, 5.41) is 0. The molecular weight excluding hydrogens is 206 g/mol. The van der Waals surface area contributed by atoms with Crippen molar-refractivity contribution in [1.29, 1.82) is 0 Å². The van der Waals surface area contributed by atoms with Crippen LogP contribution in [0.1, 0.15) is 0 Å². The van der Waals surface area contributed by atoms with Crippen LogP contribution < -0.4 is 5.73 Å². The number of nitrogens with zero attached hydrogens (tertiary/aromatic N) is 4. The first kappa shape index (κ1) is 8.88. The molecule has 0 unspecified atom stereocenters. The van der Waals surface area contributed by atoms with E-state index < -0.39 is 10.2 Å². The van der Waals surface area contributed by atoms with E-state index in [0.717, 1.165) is 0 Å². The van der Waals surface area contributed by atoms with Crippen molar-refractivity contribution in [3.63, 3.8) is 0 Å². The van der Waals surface area contributed by atoms with Crippen molar-refractivity contribution in [2.45, 2.75) is 0 Å². The minimum Gasteiger partial charge on any atom is -0.381 e. The second-order valence-electron chi connectivity index (χ2n) is 2.73. The predicted octanol–water partition coefficient (Wildman–Crippen LogP) is -1.14. The van der Waals surface area contributed by atoms with Crippen LogP contribution in [0.2, 0.25) is 0 Å². The van der Waals surface area contributed by atoms with Crippen LogP contribution in [-0.2, 0) is 10.2 Å². The lowest BCUT2D eigenvalue weighted by atomic mass is 10.3. The highest BCUT2D eigenvalue weighted by Gasteiger charge is 2.27. The molecule has 0 atom stereocenters. The first-order chi connectivity index (χ1) is 6.49. The van der Waals surface area contributed by atoms with Gasteiger partial charge in [0.2, 0.25) is 0 Å². The molecule has 2 N–H and O–H groups in total. The van der Waals surface area contributed by atoms with Crippen molar-refractivity contribution in [2.24, 2.45) is 19.5 Å². The van der Waals surface area contributed by atoms with Crippen LogP contribution in [0.3, 0.4) is 0 Å². The maximum atomic E-state index is 11.1. The quantitative estimate of drug-likeness (QED) is 0.549. The van der Waals surface area contributed by atoms with Crippen LogP contribution in [0.5, 0.6) is 0 Å². The summed E-state index contributed by atoms with van der Waals surface area (Å²) in [6, 6.07) is 0. The Morgan fingerprint density at radius 1 is 1.43 bits per heavy atom. The first-order valence-electron chi connectivity index (χ1n) is 3.68. The van der Waals surface area contributed by atoms with E-state index in [1.807, 2.05) is 0 Å². The zero-order chi connectivity index (χ0) is 10.3. The van der Waals surface area contributed by atoms with Gasteiger partial charge in [0.15, 0.2) is 11.7 Å². The molecule has 0 amide bonds. The Morgan fingerprint density at radius 2 is 2.14 bits per heavy atom. The van der Waals surface area contributed by atoms with Crippen LogP contribution in [0.15, 0.2) is 26.2 Å². The molecule has 0 spiro atoms. The van der Waals surface area contributed by atoms with E-state index in [-0.39, 0.29) is 17.4 Å². The van der Waals surface area contributed by atoms with Crippen molar-refractivity contribution < 1.29 is 8.42 Å². The standard InChI is InChI=1S/C6H7N5O2S/c1-11-3-2-8-4-5(7)9-14(12,13)10-6(4)11/h2-3H,1H3,(H2,7,9). The van der Waals surface area contributed by atoms with Gasteiger partial charge in [-0.3, -0.25) is 0 Å². The molecule has 0 saturated carbocycles. The van der Waals surface area contributed by atoms with Gasteiger partial charge in [-0.05, 0) is 0 Å².